The van der Waals surface area contributed by atoms with Crippen molar-refractivity contribution in [3.8, 4) is 0 Å². The van der Waals surface area contributed by atoms with E-state index in [0.29, 0.717) is 19.5 Å². The van der Waals surface area contributed by atoms with Gasteiger partial charge in [0.1, 0.15) is 11.9 Å². The van der Waals surface area contributed by atoms with Crippen molar-refractivity contribution in [2.75, 3.05) is 0 Å². The van der Waals surface area contributed by atoms with Crippen LogP contribution in [-0.2, 0) is 31.4 Å². The van der Waals surface area contributed by atoms with Gasteiger partial charge in [0.05, 0.1) is 35.3 Å². The number of benzene rings is 1. The summed E-state index contributed by atoms with van der Waals surface area (Å²) < 4.78 is 2.02. The van der Waals surface area contributed by atoms with Gasteiger partial charge in [-0.3, -0.25) is 9.69 Å². The van der Waals surface area contributed by atoms with Crippen molar-refractivity contribution in [3.63, 3.8) is 0 Å². The highest BCUT2D eigenvalue weighted by molar-refractivity contribution is 5.76. The summed E-state index contributed by atoms with van der Waals surface area (Å²) >= 11 is 0. The van der Waals surface area contributed by atoms with E-state index in [1.54, 1.807) is 6.33 Å². The topological polar surface area (TPSA) is 87.0 Å². The van der Waals surface area contributed by atoms with E-state index in [1.165, 1.54) is 0 Å². The summed E-state index contributed by atoms with van der Waals surface area (Å²) in [7, 11) is 1.96. The molecular weight excluding hydrogens is 294 g/mol. The van der Waals surface area contributed by atoms with Crippen LogP contribution in [0.3, 0.4) is 0 Å². The molecule has 0 fully saturated rings. The van der Waals surface area contributed by atoms with E-state index in [1.807, 2.05) is 40.8 Å². The molecule has 0 saturated heterocycles. The Kier molecular flexibility index (Phi) is 3.16. The number of carbonyl (C=O) groups is 1. The molecule has 1 aliphatic heterocycles. The van der Waals surface area contributed by atoms with E-state index in [9.17, 15) is 9.90 Å². The summed E-state index contributed by atoms with van der Waals surface area (Å²) in [5.74, 6) is 0.0397. The van der Waals surface area contributed by atoms with Crippen LogP contribution in [0.4, 0.5) is 0 Å². The largest absolute Gasteiger partial charge is 0.480 e. The van der Waals surface area contributed by atoms with Crippen molar-refractivity contribution in [1.29, 1.82) is 0 Å². The smallest absolute Gasteiger partial charge is 0.321 e. The average molecular weight is 311 g/mol. The van der Waals surface area contributed by atoms with Gasteiger partial charge in [0.25, 0.3) is 0 Å². The van der Waals surface area contributed by atoms with Crippen molar-refractivity contribution >= 4 is 17.0 Å². The number of fused-ring (bicyclic) bond motifs is 2. The molecule has 0 amide bonds. The Morgan fingerprint density at radius 1 is 1.43 bits per heavy atom. The highest BCUT2D eigenvalue weighted by atomic mass is 16.4. The maximum atomic E-state index is 11.6. The third-order valence-corrected chi connectivity index (χ3v) is 4.51. The molecule has 0 bridgehead atoms. The van der Waals surface area contributed by atoms with Crippen LogP contribution in [0.5, 0.6) is 0 Å². The summed E-state index contributed by atoms with van der Waals surface area (Å²) in [6, 6.07) is 7.34. The highest BCUT2D eigenvalue weighted by Crippen LogP contribution is 2.24. The first-order valence-corrected chi connectivity index (χ1v) is 7.52. The summed E-state index contributed by atoms with van der Waals surface area (Å²) in [5, 5.41) is 9.55. The fourth-order valence-corrected chi connectivity index (χ4v) is 3.22. The Bertz CT molecular complexity index is 882. The van der Waals surface area contributed by atoms with Crippen LogP contribution in [-0.4, -0.2) is 41.5 Å². The molecule has 0 aliphatic carbocycles. The number of H-pyrrole nitrogens is 1. The number of aryl methyl sites for hydroxylation is 1. The molecule has 1 aliphatic rings. The number of hydrogen-bond donors (Lipinski definition) is 2. The number of nitrogens with zero attached hydrogens (tertiary/aromatic N) is 4. The number of rotatable bonds is 3. The average Bonchev–Trinajstić information content (AvgIpc) is 3.11. The molecule has 2 aromatic heterocycles. The molecule has 1 aromatic carbocycles. The van der Waals surface area contributed by atoms with Gasteiger partial charge in [0.2, 0.25) is 0 Å². The number of carboxylic acids is 1. The lowest BCUT2D eigenvalue weighted by Gasteiger charge is -2.31. The SMILES string of the molecule is Cn1c(CN2Cc3[nH]cnc3C[C@H]2C(=O)O)nc2ccccc21. The molecule has 0 unspecified atom stereocenters. The zero-order valence-electron chi connectivity index (χ0n) is 12.7. The molecule has 0 saturated carbocycles. The Morgan fingerprint density at radius 3 is 3.04 bits per heavy atom. The van der Waals surface area contributed by atoms with Crippen LogP contribution in [0.15, 0.2) is 30.6 Å². The van der Waals surface area contributed by atoms with E-state index >= 15 is 0 Å². The highest BCUT2D eigenvalue weighted by Gasteiger charge is 2.33. The first-order chi connectivity index (χ1) is 11.1. The molecule has 118 valence electrons. The van der Waals surface area contributed by atoms with Crippen LogP contribution in [0.1, 0.15) is 17.2 Å². The molecule has 7 nitrogen and oxygen atoms in total. The molecule has 3 aromatic rings. The third kappa shape index (κ3) is 2.29. The van der Waals surface area contributed by atoms with E-state index in [0.717, 1.165) is 28.2 Å². The van der Waals surface area contributed by atoms with E-state index in [2.05, 4.69) is 15.0 Å². The second kappa shape index (κ2) is 5.20. The van der Waals surface area contributed by atoms with Gasteiger partial charge >= 0.3 is 5.97 Å². The van der Waals surface area contributed by atoms with E-state index < -0.39 is 12.0 Å². The zero-order chi connectivity index (χ0) is 16.0. The number of aromatic amines is 1. The number of imidazole rings is 2. The first kappa shape index (κ1) is 14.0. The van der Waals surface area contributed by atoms with Crippen molar-refractivity contribution in [2.45, 2.75) is 25.6 Å². The summed E-state index contributed by atoms with van der Waals surface area (Å²) in [5.41, 5.74) is 3.81. The summed E-state index contributed by atoms with van der Waals surface area (Å²) in [6.07, 6.45) is 2.04. The molecule has 7 heteroatoms. The first-order valence-electron chi connectivity index (χ1n) is 7.52. The number of aromatic nitrogens is 4. The lowest BCUT2D eigenvalue weighted by Crippen LogP contribution is -2.45. The standard InChI is InChI=1S/C16H17N5O2/c1-20-13-5-3-2-4-10(13)19-15(20)8-21-7-12-11(17-9-18-12)6-14(21)16(22)23/h2-5,9,14H,6-8H2,1H3,(H,17,18)(H,22,23)/t14-/m0/s1. The minimum Gasteiger partial charge on any atom is -0.480 e. The summed E-state index contributed by atoms with van der Waals surface area (Å²) in [4.78, 5) is 25.5. The number of hydrogen-bond acceptors (Lipinski definition) is 4. The minimum absolute atomic E-state index is 0.415. The molecule has 0 radical (unpaired) electrons. The lowest BCUT2D eigenvalue weighted by atomic mass is 10.0. The van der Waals surface area contributed by atoms with E-state index in [-0.39, 0.29) is 0 Å². The van der Waals surface area contributed by atoms with Gasteiger partial charge in [-0.25, -0.2) is 9.97 Å². The molecule has 23 heavy (non-hydrogen) atoms. The number of para-hydroxylation sites is 2. The second-order valence-corrected chi connectivity index (χ2v) is 5.87. The summed E-state index contributed by atoms with van der Waals surface area (Å²) in [6.45, 7) is 1.02. The van der Waals surface area contributed by atoms with Crippen molar-refractivity contribution < 1.29 is 9.90 Å². The van der Waals surface area contributed by atoms with Crippen LogP contribution in [0.2, 0.25) is 0 Å². The monoisotopic (exact) mass is 311 g/mol. The van der Waals surface area contributed by atoms with Crippen molar-refractivity contribution in [1.82, 2.24) is 24.4 Å². The van der Waals surface area contributed by atoms with E-state index in [4.69, 9.17) is 0 Å². The maximum absolute atomic E-state index is 11.6. The predicted octanol–water partition coefficient (Wildman–Crippen LogP) is 1.31. The number of nitrogens with one attached hydrogen (secondary N) is 1. The Labute approximate surface area is 132 Å². The lowest BCUT2D eigenvalue weighted by molar-refractivity contribution is -0.144. The molecule has 1 atom stereocenters. The van der Waals surface area contributed by atoms with Crippen molar-refractivity contribution in [3.05, 3.63) is 47.8 Å². The molecule has 0 spiro atoms. The quantitative estimate of drug-likeness (QED) is 0.761. The van der Waals surface area contributed by atoms with Gasteiger partial charge in [-0.2, -0.15) is 0 Å². The Hall–Kier alpha value is -2.67. The van der Waals surface area contributed by atoms with Crippen LogP contribution in [0.25, 0.3) is 11.0 Å². The normalized spacial score (nSPS) is 18.2. The van der Waals surface area contributed by atoms with Gasteiger partial charge in [0, 0.05) is 20.0 Å². The van der Waals surface area contributed by atoms with Gasteiger partial charge in [-0.05, 0) is 12.1 Å². The van der Waals surface area contributed by atoms with Crippen LogP contribution >= 0.6 is 0 Å². The Balaban J connectivity index is 1.68. The molecule has 3 heterocycles. The van der Waals surface area contributed by atoms with Crippen LogP contribution < -0.4 is 0 Å². The van der Waals surface area contributed by atoms with Gasteiger partial charge in [-0.15, -0.1) is 0 Å². The third-order valence-electron chi connectivity index (χ3n) is 4.51. The fraction of sp³-hybridized carbons (Fsp3) is 0.312. The molecule has 4 rings (SSSR count). The fourth-order valence-electron chi connectivity index (χ4n) is 3.22. The van der Waals surface area contributed by atoms with Gasteiger partial charge < -0.3 is 14.7 Å². The second-order valence-electron chi connectivity index (χ2n) is 5.87. The number of carboxylic acid groups (broad SMARTS) is 1. The van der Waals surface area contributed by atoms with Crippen molar-refractivity contribution in [2.24, 2.45) is 7.05 Å². The minimum atomic E-state index is -0.822. The predicted molar refractivity (Wildman–Crippen MR) is 83.7 cm³/mol. The van der Waals surface area contributed by atoms with Gasteiger partial charge in [0.15, 0.2) is 0 Å². The molecular formula is C16H17N5O2. The maximum Gasteiger partial charge on any atom is 0.321 e. The van der Waals surface area contributed by atoms with Crippen LogP contribution in [0, 0.1) is 0 Å². The zero-order valence-corrected chi connectivity index (χ0v) is 12.7. The molecule has 2 N–H and O–H groups in total. The Morgan fingerprint density at radius 2 is 2.26 bits per heavy atom. The number of aliphatic carboxylic acids is 1. The van der Waals surface area contributed by atoms with Gasteiger partial charge in [-0.1, -0.05) is 12.1 Å².